The zero-order valence-electron chi connectivity index (χ0n) is 19.8. The summed E-state index contributed by atoms with van der Waals surface area (Å²) in [5.41, 5.74) is 4.44. The molecule has 4 nitrogen and oxygen atoms in total. The summed E-state index contributed by atoms with van der Waals surface area (Å²) in [6, 6.07) is 20.8. The molecule has 8 heteroatoms. The van der Waals surface area contributed by atoms with Crippen LogP contribution in [0.25, 0.3) is 0 Å². The molecule has 4 aromatic rings. The summed E-state index contributed by atoms with van der Waals surface area (Å²) in [7, 11) is 0. The second kappa shape index (κ2) is 11.8. The molecule has 0 saturated heterocycles. The van der Waals surface area contributed by atoms with E-state index in [4.69, 9.17) is 32.9 Å². The minimum absolute atomic E-state index is 0.106. The number of hydrogen-bond acceptors (Lipinski definition) is 4. The Morgan fingerprint density at radius 2 is 1.84 bits per heavy atom. The maximum Gasteiger partial charge on any atom is 0.259 e. The summed E-state index contributed by atoms with van der Waals surface area (Å²) in [5.74, 6) is 0.600. The number of thiophene rings is 1. The van der Waals surface area contributed by atoms with Crippen LogP contribution in [-0.2, 0) is 19.4 Å². The third kappa shape index (κ3) is 6.27. The van der Waals surface area contributed by atoms with Gasteiger partial charge >= 0.3 is 0 Å². The number of benzene rings is 3. The molecular formula is C29H23BrCl2N2O2S. The van der Waals surface area contributed by atoms with E-state index in [1.807, 2.05) is 54.6 Å². The molecule has 1 heterocycles. The summed E-state index contributed by atoms with van der Waals surface area (Å²) >= 11 is 17.3. The van der Waals surface area contributed by atoms with Crippen molar-refractivity contribution in [1.29, 1.82) is 0 Å². The van der Waals surface area contributed by atoms with Gasteiger partial charge in [-0.2, -0.15) is 0 Å². The summed E-state index contributed by atoms with van der Waals surface area (Å²) in [6.45, 7) is 0.365. The fourth-order valence-corrected chi connectivity index (χ4v) is 6.29. The number of halogens is 3. The largest absolute Gasteiger partial charge is 0.488 e. The molecule has 5 rings (SSSR count). The summed E-state index contributed by atoms with van der Waals surface area (Å²) < 4.78 is 6.76. The number of nitrogens with one attached hydrogen (secondary N) is 1. The highest BCUT2D eigenvalue weighted by Gasteiger charge is 2.25. The number of carbonyl (C=O) groups is 1. The Morgan fingerprint density at radius 3 is 2.62 bits per heavy atom. The highest BCUT2D eigenvalue weighted by atomic mass is 79.9. The number of hydrogen-bond donors (Lipinski definition) is 1. The van der Waals surface area contributed by atoms with Crippen molar-refractivity contribution in [3.63, 3.8) is 0 Å². The number of nitrogens with zero attached hydrogens (tertiary/aromatic N) is 1. The van der Waals surface area contributed by atoms with Crippen LogP contribution >= 0.6 is 50.5 Å². The summed E-state index contributed by atoms with van der Waals surface area (Å²) in [5, 5.41) is 4.80. The average molecular weight is 614 g/mol. The Morgan fingerprint density at radius 1 is 1.03 bits per heavy atom. The van der Waals surface area contributed by atoms with Gasteiger partial charge in [0.1, 0.15) is 17.4 Å². The number of aryl methyl sites for hydroxylation is 1. The molecule has 0 atom stereocenters. The molecule has 0 radical (unpaired) electrons. The highest BCUT2D eigenvalue weighted by molar-refractivity contribution is 9.10. The molecule has 0 fully saturated rings. The van der Waals surface area contributed by atoms with Crippen LogP contribution in [0.2, 0.25) is 10.0 Å². The van der Waals surface area contributed by atoms with Gasteiger partial charge < -0.3 is 10.1 Å². The number of amides is 1. The number of para-hydroxylation sites is 1. The first kappa shape index (κ1) is 26.0. The fraction of sp³-hybridized carbons (Fsp3) is 0.172. The second-order valence-corrected chi connectivity index (χ2v) is 11.4. The Balaban J connectivity index is 1.34. The first-order chi connectivity index (χ1) is 18.0. The Kier molecular flexibility index (Phi) is 8.30. The lowest BCUT2D eigenvalue weighted by Gasteiger charge is -2.12. The van der Waals surface area contributed by atoms with E-state index in [2.05, 4.69) is 21.2 Å². The maximum absolute atomic E-state index is 13.3. The quantitative estimate of drug-likeness (QED) is 0.211. The third-order valence-electron chi connectivity index (χ3n) is 6.08. The van der Waals surface area contributed by atoms with Crippen molar-refractivity contribution in [3.8, 4) is 5.75 Å². The van der Waals surface area contributed by atoms with Crippen molar-refractivity contribution >= 4 is 73.3 Å². The molecule has 1 aliphatic carbocycles. The highest BCUT2D eigenvalue weighted by Crippen LogP contribution is 2.40. The van der Waals surface area contributed by atoms with Crippen molar-refractivity contribution in [1.82, 2.24) is 0 Å². The zero-order valence-corrected chi connectivity index (χ0v) is 23.7. The molecule has 0 spiro atoms. The molecule has 0 aliphatic heterocycles. The lowest BCUT2D eigenvalue weighted by molar-refractivity contribution is 0.102. The predicted octanol–water partition coefficient (Wildman–Crippen LogP) is 9.28. The molecule has 3 aromatic carbocycles. The molecule has 1 aromatic heterocycles. The van der Waals surface area contributed by atoms with Crippen molar-refractivity contribution in [2.24, 2.45) is 4.99 Å². The number of fused-ring (bicyclic) bond motifs is 1. The zero-order chi connectivity index (χ0) is 25.8. The average Bonchev–Trinajstić information content (AvgIpc) is 3.28. The van der Waals surface area contributed by atoms with Gasteiger partial charge in [0.15, 0.2) is 0 Å². The van der Waals surface area contributed by atoms with E-state index in [0.29, 0.717) is 28.0 Å². The van der Waals surface area contributed by atoms with Gasteiger partial charge in [-0.1, -0.05) is 47.5 Å². The SMILES string of the molecule is O=C(Nc1ccccc1)c1c(N=Cc2ccc(OCc3ccc(Cl)c(Cl)c3)c(Br)c2)sc2c1CCCC2. The van der Waals surface area contributed by atoms with Crippen LogP contribution in [0.4, 0.5) is 10.7 Å². The van der Waals surface area contributed by atoms with E-state index in [0.717, 1.165) is 57.5 Å². The van der Waals surface area contributed by atoms with E-state index in [9.17, 15) is 4.79 Å². The predicted molar refractivity (Wildman–Crippen MR) is 158 cm³/mol. The molecule has 37 heavy (non-hydrogen) atoms. The first-order valence-corrected chi connectivity index (χ1v) is 14.3. The van der Waals surface area contributed by atoms with Crippen LogP contribution in [-0.4, -0.2) is 12.1 Å². The van der Waals surface area contributed by atoms with Gasteiger partial charge in [-0.3, -0.25) is 4.79 Å². The number of rotatable bonds is 7. The van der Waals surface area contributed by atoms with Gasteiger partial charge in [0.25, 0.3) is 5.91 Å². The molecule has 1 amide bonds. The van der Waals surface area contributed by atoms with Crippen LogP contribution in [0.3, 0.4) is 0 Å². The van der Waals surface area contributed by atoms with Crippen molar-refractivity contribution in [2.75, 3.05) is 5.32 Å². The van der Waals surface area contributed by atoms with Crippen molar-refractivity contribution < 1.29 is 9.53 Å². The minimum atomic E-state index is -0.106. The normalized spacial score (nSPS) is 12.9. The van der Waals surface area contributed by atoms with E-state index in [1.54, 1.807) is 29.7 Å². The van der Waals surface area contributed by atoms with Crippen LogP contribution in [0.1, 0.15) is 44.8 Å². The molecular weight excluding hydrogens is 591 g/mol. The molecule has 0 bridgehead atoms. The number of carbonyl (C=O) groups excluding carboxylic acids is 1. The Hall–Kier alpha value is -2.64. The standard InChI is InChI=1S/C29H23BrCl2N2O2S/c30-22-14-18(11-13-25(22)36-17-19-10-12-23(31)24(32)15-19)16-33-29-27(21-8-4-5-9-26(21)37-29)28(35)34-20-6-2-1-3-7-20/h1-3,6-7,10-16H,4-5,8-9,17H2,(H,34,35). The topological polar surface area (TPSA) is 50.7 Å². The van der Waals surface area contributed by atoms with Gasteiger partial charge in [-0.25, -0.2) is 4.99 Å². The number of aliphatic imine (C=N–C) groups is 1. The van der Waals surface area contributed by atoms with Crippen LogP contribution in [0.15, 0.2) is 76.2 Å². The molecule has 0 unspecified atom stereocenters. The molecule has 1 aliphatic rings. The molecule has 1 N–H and O–H groups in total. The van der Waals surface area contributed by atoms with Crippen LogP contribution in [0.5, 0.6) is 5.75 Å². The van der Waals surface area contributed by atoms with Gasteiger partial charge in [-0.15, -0.1) is 11.3 Å². The van der Waals surface area contributed by atoms with E-state index in [1.165, 1.54) is 4.88 Å². The van der Waals surface area contributed by atoms with Gasteiger partial charge in [0, 0.05) is 16.8 Å². The monoisotopic (exact) mass is 612 g/mol. The van der Waals surface area contributed by atoms with E-state index in [-0.39, 0.29) is 5.91 Å². The summed E-state index contributed by atoms with van der Waals surface area (Å²) in [4.78, 5) is 19.3. The van der Waals surface area contributed by atoms with Gasteiger partial charge in [0.2, 0.25) is 0 Å². The smallest absolute Gasteiger partial charge is 0.259 e. The van der Waals surface area contributed by atoms with Crippen molar-refractivity contribution in [2.45, 2.75) is 32.3 Å². The fourth-order valence-electron chi connectivity index (χ4n) is 4.23. The number of ether oxygens (including phenoxy) is 1. The lowest BCUT2D eigenvalue weighted by Crippen LogP contribution is -2.14. The van der Waals surface area contributed by atoms with Gasteiger partial charge in [-0.05, 0) is 101 Å². The van der Waals surface area contributed by atoms with E-state index >= 15 is 0 Å². The number of anilines is 1. The summed E-state index contributed by atoms with van der Waals surface area (Å²) in [6.07, 6.45) is 5.94. The molecule has 0 saturated carbocycles. The Labute approximate surface area is 238 Å². The Bertz CT molecular complexity index is 1470. The van der Waals surface area contributed by atoms with Crippen LogP contribution in [0, 0.1) is 0 Å². The van der Waals surface area contributed by atoms with Gasteiger partial charge in [0.05, 0.1) is 20.1 Å². The van der Waals surface area contributed by atoms with E-state index < -0.39 is 0 Å². The van der Waals surface area contributed by atoms with Crippen LogP contribution < -0.4 is 10.1 Å². The maximum atomic E-state index is 13.3. The van der Waals surface area contributed by atoms with Crippen molar-refractivity contribution in [3.05, 3.63) is 108 Å². The minimum Gasteiger partial charge on any atom is -0.488 e. The first-order valence-electron chi connectivity index (χ1n) is 11.9. The third-order valence-corrected chi connectivity index (χ3v) is 8.64. The molecule has 188 valence electrons. The second-order valence-electron chi connectivity index (χ2n) is 8.70. The lowest BCUT2D eigenvalue weighted by atomic mass is 9.95.